The Morgan fingerprint density at radius 3 is 2.30 bits per heavy atom. The Morgan fingerprint density at radius 1 is 1.04 bits per heavy atom. The minimum Gasteiger partial charge on any atom is -0.495 e. The lowest BCUT2D eigenvalue weighted by Gasteiger charge is -2.19. The number of thioether (sulfide) groups is 1. The van der Waals surface area contributed by atoms with Crippen molar-refractivity contribution in [2.75, 3.05) is 12.0 Å². The molecule has 140 valence electrons. The molecule has 0 aromatic heterocycles. The normalized spacial score (nSPS) is 14.5. The van der Waals surface area contributed by atoms with Crippen LogP contribution in [0.5, 0.6) is 5.75 Å². The quantitative estimate of drug-likeness (QED) is 0.655. The number of aryl methyl sites for hydroxylation is 1. The molecular formula is C21H20ClNO3S. The summed E-state index contributed by atoms with van der Waals surface area (Å²) in [7, 11) is 1.52. The minimum atomic E-state index is -0.352. The number of benzene rings is 2. The number of imide groups is 1. The fourth-order valence-corrected chi connectivity index (χ4v) is 4.03. The Balaban J connectivity index is 2.15. The van der Waals surface area contributed by atoms with Crippen LogP contribution in [0.4, 0.5) is 5.69 Å². The van der Waals surface area contributed by atoms with E-state index in [1.54, 1.807) is 36.4 Å². The van der Waals surface area contributed by atoms with Gasteiger partial charge in [0, 0.05) is 10.3 Å². The Labute approximate surface area is 168 Å². The average molecular weight is 402 g/mol. The van der Waals surface area contributed by atoms with Crippen LogP contribution < -0.4 is 9.64 Å². The molecule has 3 rings (SSSR count). The fourth-order valence-electron chi connectivity index (χ4n) is 2.92. The number of carbonyl (C=O) groups excluding carboxylic acids is 2. The maximum absolute atomic E-state index is 13.3. The number of rotatable bonds is 5. The smallest absolute Gasteiger partial charge is 0.272 e. The van der Waals surface area contributed by atoms with E-state index in [0.29, 0.717) is 32.5 Å². The number of amides is 2. The summed E-state index contributed by atoms with van der Waals surface area (Å²) in [6, 6.07) is 12.4. The van der Waals surface area contributed by atoms with Crippen molar-refractivity contribution in [2.45, 2.75) is 26.0 Å². The van der Waals surface area contributed by atoms with Crippen LogP contribution >= 0.6 is 23.4 Å². The lowest BCUT2D eigenvalue weighted by molar-refractivity contribution is -0.119. The minimum absolute atomic E-state index is 0.151. The predicted molar refractivity (Wildman–Crippen MR) is 111 cm³/mol. The van der Waals surface area contributed by atoms with Crippen molar-refractivity contribution in [2.24, 2.45) is 0 Å². The maximum Gasteiger partial charge on any atom is 0.272 e. The number of hydrogen-bond donors (Lipinski definition) is 0. The zero-order valence-electron chi connectivity index (χ0n) is 15.6. The molecule has 4 nitrogen and oxygen atoms in total. The van der Waals surface area contributed by atoms with Crippen molar-refractivity contribution in [3.8, 4) is 5.75 Å². The van der Waals surface area contributed by atoms with Crippen LogP contribution in [-0.4, -0.2) is 24.2 Å². The summed E-state index contributed by atoms with van der Waals surface area (Å²) in [6.45, 7) is 5.89. The summed E-state index contributed by atoms with van der Waals surface area (Å²) in [5.74, 6) is -0.199. The van der Waals surface area contributed by atoms with E-state index in [0.717, 1.165) is 5.56 Å². The summed E-state index contributed by atoms with van der Waals surface area (Å²) in [4.78, 5) is 28.2. The number of anilines is 1. The van der Waals surface area contributed by atoms with Gasteiger partial charge in [-0.1, -0.05) is 43.6 Å². The Hall–Kier alpha value is -2.24. The van der Waals surface area contributed by atoms with Gasteiger partial charge in [-0.25, -0.2) is 4.90 Å². The van der Waals surface area contributed by atoms with E-state index in [1.807, 2.05) is 26.8 Å². The van der Waals surface area contributed by atoms with Gasteiger partial charge >= 0.3 is 0 Å². The first-order valence-corrected chi connectivity index (χ1v) is 9.79. The van der Waals surface area contributed by atoms with Gasteiger partial charge in [-0.3, -0.25) is 9.59 Å². The summed E-state index contributed by atoms with van der Waals surface area (Å²) >= 11 is 7.38. The molecule has 0 spiro atoms. The second kappa shape index (κ2) is 7.79. The molecule has 6 heteroatoms. The zero-order valence-corrected chi connectivity index (χ0v) is 17.1. The highest BCUT2D eigenvalue weighted by atomic mass is 35.5. The Kier molecular flexibility index (Phi) is 5.63. The van der Waals surface area contributed by atoms with E-state index in [1.165, 1.54) is 23.8 Å². The molecule has 0 saturated carbocycles. The van der Waals surface area contributed by atoms with Crippen molar-refractivity contribution < 1.29 is 14.3 Å². The van der Waals surface area contributed by atoms with Crippen LogP contribution in [0.1, 0.15) is 25.0 Å². The molecule has 0 aliphatic carbocycles. The van der Waals surface area contributed by atoms with Gasteiger partial charge in [-0.15, -0.1) is 11.8 Å². The van der Waals surface area contributed by atoms with E-state index < -0.39 is 0 Å². The van der Waals surface area contributed by atoms with E-state index in [4.69, 9.17) is 16.3 Å². The molecule has 1 aliphatic rings. The van der Waals surface area contributed by atoms with Gasteiger partial charge in [0.25, 0.3) is 11.8 Å². The predicted octanol–water partition coefficient (Wildman–Crippen LogP) is 5.08. The molecular weight excluding hydrogens is 382 g/mol. The summed E-state index contributed by atoms with van der Waals surface area (Å²) in [5.41, 5.74) is 2.47. The highest BCUT2D eigenvalue weighted by Gasteiger charge is 2.41. The summed E-state index contributed by atoms with van der Waals surface area (Å²) in [5, 5.41) is 0.727. The number of ether oxygens (including phenoxy) is 1. The third-order valence-electron chi connectivity index (χ3n) is 4.10. The summed E-state index contributed by atoms with van der Waals surface area (Å²) in [6.07, 6.45) is 0. The van der Waals surface area contributed by atoms with E-state index in [9.17, 15) is 9.59 Å². The van der Waals surface area contributed by atoms with Gasteiger partial charge in [-0.2, -0.15) is 0 Å². The molecule has 0 unspecified atom stereocenters. The van der Waals surface area contributed by atoms with Crippen LogP contribution in [0.25, 0.3) is 5.57 Å². The molecule has 0 N–H and O–H groups in total. The topological polar surface area (TPSA) is 46.6 Å². The Bertz CT molecular complexity index is 935. The molecule has 1 aliphatic heterocycles. The van der Waals surface area contributed by atoms with Crippen molar-refractivity contribution in [3.05, 3.63) is 63.5 Å². The largest absolute Gasteiger partial charge is 0.495 e. The lowest BCUT2D eigenvalue weighted by Crippen LogP contribution is -2.31. The van der Waals surface area contributed by atoms with Gasteiger partial charge in [0.05, 0.1) is 23.3 Å². The van der Waals surface area contributed by atoms with Gasteiger partial charge in [-0.05, 0) is 42.3 Å². The lowest BCUT2D eigenvalue weighted by atomic mass is 10.1. The summed E-state index contributed by atoms with van der Waals surface area (Å²) < 4.78 is 5.39. The van der Waals surface area contributed by atoms with Crippen molar-refractivity contribution in [1.82, 2.24) is 0 Å². The first-order valence-electron chi connectivity index (χ1n) is 8.53. The van der Waals surface area contributed by atoms with Crippen LogP contribution in [0.15, 0.2) is 47.4 Å². The molecule has 27 heavy (non-hydrogen) atoms. The molecule has 2 amide bonds. The number of hydrogen-bond acceptors (Lipinski definition) is 4. The molecule has 2 aromatic rings. The molecule has 1 heterocycles. The third kappa shape index (κ3) is 3.75. The van der Waals surface area contributed by atoms with Crippen molar-refractivity contribution in [1.29, 1.82) is 0 Å². The highest BCUT2D eigenvalue weighted by molar-refractivity contribution is 8.04. The van der Waals surface area contributed by atoms with Gasteiger partial charge < -0.3 is 4.74 Å². The molecule has 0 bridgehead atoms. The van der Waals surface area contributed by atoms with Crippen LogP contribution in [-0.2, 0) is 9.59 Å². The Morgan fingerprint density at radius 2 is 1.70 bits per heavy atom. The maximum atomic E-state index is 13.3. The SMILES string of the molecule is COc1ccc(C)cc1N1C(=O)C(SC(C)C)=C(c2ccc(Cl)cc2)C1=O. The zero-order chi connectivity index (χ0) is 19.7. The third-order valence-corrected chi connectivity index (χ3v) is 5.44. The van der Waals surface area contributed by atoms with Gasteiger partial charge in [0.2, 0.25) is 0 Å². The van der Waals surface area contributed by atoms with Gasteiger partial charge in [0.15, 0.2) is 0 Å². The molecule has 0 atom stereocenters. The van der Waals surface area contributed by atoms with Crippen LogP contribution in [0.3, 0.4) is 0 Å². The average Bonchev–Trinajstić information content (AvgIpc) is 2.85. The highest BCUT2D eigenvalue weighted by Crippen LogP contribution is 2.42. The second-order valence-corrected chi connectivity index (χ2v) is 8.52. The number of halogens is 1. The first kappa shape index (κ1) is 19.5. The van der Waals surface area contributed by atoms with Crippen molar-refractivity contribution in [3.63, 3.8) is 0 Å². The second-order valence-electron chi connectivity index (χ2n) is 6.50. The van der Waals surface area contributed by atoms with Crippen molar-refractivity contribution >= 4 is 46.4 Å². The van der Waals surface area contributed by atoms with Gasteiger partial charge in [0.1, 0.15) is 5.75 Å². The van der Waals surface area contributed by atoms with Crippen LogP contribution in [0, 0.1) is 6.92 Å². The molecule has 0 radical (unpaired) electrons. The molecule has 0 fully saturated rings. The molecule has 2 aromatic carbocycles. The fraction of sp³-hybridized carbons (Fsp3) is 0.238. The first-order chi connectivity index (χ1) is 12.8. The molecule has 0 saturated heterocycles. The van der Waals surface area contributed by atoms with E-state index in [-0.39, 0.29) is 17.1 Å². The standard InChI is InChI=1S/C21H20ClNO3S/c1-12(2)27-19-18(14-6-8-15(22)9-7-14)20(24)23(21(19)25)16-11-13(3)5-10-17(16)26-4/h5-12H,1-4H3. The monoisotopic (exact) mass is 401 g/mol. The number of methoxy groups -OCH3 is 1. The van der Waals surface area contributed by atoms with E-state index in [2.05, 4.69) is 0 Å². The number of nitrogens with zero attached hydrogens (tertiary/aromatic N) is 1. The number of carbonyl (C=O) groups is 2. The van der Waals surface area contributed by atoms with Crippen LogP contribution in [0.2, 0.25) is 5.02 Å². The van der Waals surface area contributed by atoms with E-state index >= 15 is 0 Å².